The molecule has 4 nitrogen and oxygen atoms in total. The van der Waals surface area contributed by atoms with Crippen LogP contribution in [0.4, 0.5) is 0 Å². The van der Waals surface area contributed by atoms with E-state index in [1.54, 1.807) is 18.3 Å². The second-order valence-electron chi connectivity index (χ2n) is 4.73. The van der Waals surface area contributed by atoms with Crippen LogP contribution in [0.15, 0.2) is 48.7 Å². The SMILES string of the molecule is Cc1ncccc1C(=O)NC(CN)Cc1ccccc1. The lowest BCUT2D eigenvalue weighted by atomic mass is 10.1. The summed E-state index contributed by atoms with van der Waals surface area (Å²) in [6.45, 7) is 2.23. The van der Waals surface area contributed by atoms with Crippen LogP contribution >= 0.6 is 0 Å². The number of amides is 1. The van der Waals surface area contributed by atoms with Gasteiger partial charge in [-0.1, -0.05) is 30.3 Å². The van der Waals surface area contributed by atoms with Crippen LogP contribution in [0.2, 0.25) is 0 Å². The van der Waals surface area contributed by atoms with Crippen LogP contribution in [-0.2, 0) is 6.42 Å². The van der Waals surface area contributed by atoms with E-state index in [0.29, 0.717) is 12.1 Å². The van der Waals surface area contributed by atoms with Crippen molar-refractivity contribution < 1.29 is 4.79 Å². The number of hydrogen-bond acceptors (Lipinski definition) is 3. The second kappa shape index (κ2) is 6.82. The predicted molar refractivity (Wildman–Crippen MR) is 79.4 cm³/mol. The molecular weight excluding hydrogens is 250 g/mol. The summed E-state index contributed by atoms with van der Waals surface area (Å²) in [7, 11) is 0. The fraction of sp³-hybridized carbons (Fsp3) is 0.250. The van der Waals surface area contributed by atoms with E-state index in [9.17, 15) is 4.79 Å². The Morgan fingerprint density at radius 1 is 1.25 bits per heavy atom. The lowest BCUT2D eigenvalue weighted by Gasteiger charge is -2.17. The molecular formula is C16H19N3O. The number of aryl methyl sites for hydroxylation is 1. The molecule has 104 valence electrons. The molecule has 2 rings (SSSR count). The van der Waals surface area contributed by atoms with Gasteiger partial charge in [-0.15, -0.1) is 0 Å². The molecule has 0 saturated carbocycles. The topological polar surface area (TPSA) is 68.0 Å². The molecule has 1 aromatic carbocycles. The van der Waals surface area contributed by atoms with Crippen LogP contribution < -0.4 is 11.1 Å². The Hall–Kier alpha value is -2.20. The third-order valence-corrected chi connectivity index (χ3v) is 3.20. The summed E-state index contributed by atoms with van der Waals surface area (Å²) in [6.07, 6.45) is 2.40. The first-order valence-electron chi connectivity index (χ1n) is 6.67. The predicted octanol–water partition coefficient (Wildman–Crippen LogP) is 1.69. The molecule has 0 radical (unpaired) electrons. The van der Waals surface area contributed by atoms with E-state index >= 15 is 0 Å². The minimum atomic E-state index is -0.123. The lowest BCUT2D eigenvalue weighted by molar-refractivity contribution is 0.0937. The molecule has 0 saturated heterocycles. The third-order valence-electron chi connectivity index (χ3n) is 3.20. The van der Waals surface area contributed by atoms with Gasteiger partial charge in [-0.2, -0.15) is 0 Å². The number of nitrogens with one attached hydrogen (secondary N) is 1. The van der Waals surface area contributed by atoms with Crippen LogP contribution in [0.25, 0.3) is 0 Å². The standard InChI is InChI=1S/C16H19N3O/c1-12-15(8-5-9-18-12)16(20)19-14(11-17)10-13-6-3-2-4-7-13/h2-9,14H,10-11,17H2,1H3,(H,19,20). The summed E-state index contributed by atoms with van der Waals surface area (Å²) in [6, 6.07) is 13.5. The Morgan fingerprint density at radius 3 is 2.65 bits per heavy atom. The van der Waals surface area contributed by atoms with Gasteiger partial charge in [0, 0.05) is 24.5 Å². The van der Waals surface area contributed by atoms with Gasteiger partial charge in [-0.3, -0.25) is 9.78 Å². The van der Waals surface area contributed by atoms with E-state index in [1.807, 2.05) is 37.3 Å². The second-order valence-corrected chi connectivity index (χ2v) is 4.73. The zero-order chi connectivity index (χ0) is 14.4. The van der Waals surface area contributed by atoms with Crippen LogP contribution in [0.3, 0.4) is 0 Å². The summed E-state index contributed by atoms with van der Waals surface area (Å²) in [5.41, 5.74) is 8.23. The number of carbonyl (C=O) groups is 1. The number of nitrogens with two attached hydrogens (primary N) is 1. The van der Waals surface area contributed by atoms with Crippen molar-refractivity contribution in [3.63, 3.8) is 0 Å². The molecule has 3 N–H and O–H groups in total. The van der Waals surface area contributed by atoms with Crippen molar-refractivity contribution in [1.82, 2.24) is 10.3 Å². The number of hydrogen-bond donors (Lipinski definition) is 2. The minimum absolute atomic E-state index is 0.0792. The normalized spacial score (nSPS) is 11.9. The Bertz CT molecular complexity index is 569. The Morgan fingerprint density at radius 2 is 2.00 bits per heavy atom. The van der Waals surface area contributed by atoms with E-state index in [0.717, 1.165) is 17.7 Å². The maximum atomic E-state index is 12.2. The van der Waals surface area contributed by atoms with Crippen molar-refractivity contribution in [2.45, 2.75) is 19.4 Å². The minimum Gasteiger partial charge on any atom is -0.348 e. The molecule has 4 heteroatoms. The first-order valence-corrected chi connectivity index (χ1v) is 6.67. The van der Waals surface area contributed by atoms with Gasteiger partial charge in [0.05, 0.1) is 5.56 Å². The molecule has 0 fully saturated rings. The maximum Gasteiger partial charge on any atom is 0.253 e. The molecule has 0 aliphatic carbocycles. The number of nitrogens with zero attached hydrogens (tertiary/aromatic N) is 1. The average Bonchev–Trinajstić information content (AvgIpc) is 2.48. The van der Waals surface area contributed by atoms with Crippen molar-refractivity contribution in [3.05, 3.63) is 65.5 Å². The average molecular weight is 269 g/mol. The molecule has 20 heavy (non-hydrogen) atoms. The van der Waals surface area contributed by atoms with Gasteiger partial charge in [-0.25, -0.2) is 0 Å². The van der Waals surface area contributed by atoms with Crippen molar-refractivity contribution >= 4 is 5.91 Å². The maximum absolute atomic E-state index is 12.2. The summed E-state index contributed by atoms with van der Waals surface area (Å²) in [4.78, 5) is 16.3. The van der Waals surface area contributed by atoms with Crippen molar-refractivity contribution in [3.8, 4) is 0 Å². The van der Waals surface area contributed by atoms with Crippen LogP contribution in [0, 0.1) is 6.92 Å². The number of carbonyl (C=O) groups excluding carboxylic acids is 1. The molecule has 2 aromatic rings. The summed E-state index contributed by atoms with van der Waals surface area (Å²) >= 11 is 0. The lowest BCUT2D eigenvalue weighted by Crippen LogP contribution is -2.42. The Kier molecular flexibility index (Phi) is 4.85. The smallest absolute Gasteiger partial charge is 0.253 e. The number of pyridine rings is 1. The molecule has 0 bridgehead atoms. The molecule has 1 heterocycles. The zero-order valence-corrected chi connectivity index (χ0v) is 11.5. The molecule has 1 unspecified atom stereocenters. The highest BCUT2D eigenvalue weighted by Crippen LogP contribution is 2.06. The molecule has 1 atom stereocenters. The number of benzene rings is 1. The van der Waals surface area contributed by atoms with E-state index in [2.05, 4.69) is 10.3 Å². The summed E-state index contributed by atoms with van der Waals surface area (Å²) < 4.78 is 0. The van der Waals surface area contributed by atoms with E-state index in [-0.39, 0.29) is 11.9 Å². The fourth-order valence-electron chi connectivity index (χ4n) is 2.08. The van der Waals surface area contributed by atoms with Crippen LogP contribution in [0.5, 0.6) is 0 Å². The Labute approximate surface area is 119 Å². The molecule has 1 amide bonds. The first-order chi connectivity index (χ1) is 9.70. The molecule has 1 aromatic heterocycles. The monoisotopic (exact) mass is 269 g/mol. The van der Waals surface area contributed by atoms with Crippen LogP contribution in [-0.4, -0.2) is 23.5 Å². The molecule has 0 spiro atoms. The quantitative estimate of drug-likeness (QED) is 0.868. The first kappa shape index (κ1) is 14.2. The van der Waals surface area contributed by atoms with Crippen LogP contribution in [0.1, 0.15) is 21.6 Å². The molecule has 0 aliphatic rings. The van der Waals surface area contributed by atoms with Gasteiger partial charge in [0.25, 0.3) is 5.91 Å². The number of aromatic nitrogens is 1. The largest absolute Gasteiger partial charge is 0.348 e. The highest BCUT2D eigenvalue weighted by Gasteiger charge is 2.14. The Balaban J connectivity index is 2.03. The van der Waals surface area contributed by atoms with Gasteiger partial charge in [0.2, 0.25) is 0 Å². The molecule has 0 aliphatic heterocycles. The summed E-state index contributed by atoms with van der Waals surface area (Å²) in [5, 5.41) is 2.97. The summed E-state index contributed by atoms with van der Waals surface area (Å²) in [5.74, 6) is -0.123. The van der Waals surface area contributed by atoms with Crippen molar-refractivity contribution in [1.29, 1.82) is 0 Å². The number of rotatable bonds is 5. The van der Waals surface area contributed by atoms with E-state index < -0.39 is 0 Å². The van der Waals surface area contributed by atoms with Crippen molar-refractivity contribution in [2.75, 3.05) is 6.54 Å². The van der Waals surface area contributed by atoms with Gasteiger partial charge in [0.15, 0.2) is 0 Å². The van der Waals surface area contributed by atoms with Gasteiger partial charge in [0.1, 0.15) is 0 Å². The van der Waals surface area contributed by atoms with Gasteiger partial charge in [-0.05, 0) is 31.0 Å². The fourth-order valence-corrected chi connectivity index (χ4v) is 2.08. The van der Waals surface area contributed by atoms with Gasteiger partial charge < -0.3 is 11.1 Å². The highest BCUT2D eigenvalue weighted by molar-refractivity contribution is 5.95. The van der Waals surface area contributed by atoms with Crippen molar-refractivity contribution in [2.24, 2.45) is 5.73 Å². The van der Waals surface area contributed by atoms with E-state index in [4.69, 9.17) is 5.73 Å². The van der Waals surface area contributed by atoms with Gasteiger partial charge >= 0.3 is 0 Å². The third kappa shape index (κ3) is 3.65. The highest BCUT2D eigenvalue weighted by atomic mass is 16.1. The van der Waals surface area contributed by atoms with E-state index in [1.165, 1.54) is 0 Å². The zero-order valence-electron chi connectivity index (χ0n) is 11.5.